The van der Waals surface area contributed by atoms with Crippen LogP contribution in [0.15, 0.2) is 12.1 Å². The third-order valence-electron chi connectivity index (χ3n) is 2.38. The van der Waals surface area contributed by atoms with Crippen LogP contribution in [0, 0.1) is 12.7 Å². The number of ketones is 1. The van der Waals surface area contributed by atoms with Crippen LogP contribution in [-0.4, -0.2) is 12.4 Å². The van der Waals surface area contributed by atoms with E-state index in [1.807, 2.05) is 6.92 Å². The summed E-state index contributed by atoms with van der Waals surface area (Å²) in [6, 6.07) is 2.95. The second kappa shape index (κ2) is 3.40. The highest BCUT2D eigenvalue weighted by Gasteiger charge is 2.22. The molecule has 1 aliphatic heterocycles. The molecule has 0 aliphatic carbocycles. The minimum atomic E-state index is -0.475. The van der Waals surface area contributed by atoms with Gasteiger partial charge in [-0.3, -0.25) is 4.79 Å². The second-order valence-electron chi connectivity index (χ2n) is 3.44. The zero-order valence-electron chi connectivity index (χ0n) is 7.97. The van der Waals surface area contributed by atoms with Crippen molar-refractivity contribution in [1.82, 2.24) is 0 Å². The number of ether oxygens (including phenoxy) is 1. The highest BCUT2D eigenvalue weighted by molar-refractivity contribution is 5.99. The summed E-state index contributed by atoms with van der Waals surface area (Å²) in [4.78, 5) is 11.6. The summed E-state index contributed by atoms with van der Waals surface area (Å²) in [5.74, 6) is -0.205. The van der Waals surface area contributed by atoms with Crippen molar-refractivity contribution in [3.63, 3.8) is 0 Å². The lowest BCUT2D eigenvalue weighted by Crippen LogP contribution is -2.02. The topological polar surface area (TPSA) is 26.3 Å². The first-order chi connectivity index (χ1) is 6.70. The standard InChI is InChI=1S/C11H11FO2/c1-7-4-5-8(12)10-9(13)3-2-6-14-11(7)10/h4-5H,2-3,6H2,1H3. The number of rotatable bonds is 0. The highest BCUT2D eigenvalue weighted by Crippen LogP contribution is 2.29. The summed E-state index contributed by atoms with van der Waals surface area (Å²) in [6.45, 7) is 2.31. The molecule has 1 aliphatic rings. The molecule has 3 heteroatoms. The molecular weight excluding hydrogens is 183 g/mol. The van der Waals surface area contributed by atoms with E-state index in [4.69, 9.17) is 4.74 Å². The van der Waals surface area contributed by atoms with E-state index in [-0.39, 0.29) is 11.3 Å². The van der Waals surface area contributed by atoms with Gasteiger partial charge in [-0.05, 0) is 25.0 Å². The normalized spacial score (nSPS) is 15.7. The fourth-order valence-corrected chi connectivity index (χ4v) is 1.64. The van der Waals surface area contributed by atoms with Crippen LogP contribution in [0.1, 0.15) is 28.8 Å². The number of carbonyl (C=O) groups excluding carboxylic acids is 1. The molecule has 0 saturated carbocycles. The predicted octanol–water partition coefficient (Wildman–Crippen LogP) is 2.49. The van der Waals surface area contributed by atoms with Crippen molar-refractivity contribution in [3.05, 3.63) is 29.1 Å². The number of carbonyl (C=O) groups is 1. The molecule has 0 amide bonds. The van der Waals surface area contributed by atoms with Gasteiger partial charge in [-0.25, -0.2) is 4.39 Å². The third kappa shape index (κ3) is 1.39. The van der Waals surface area contributed by atoms with Gasteiger partial charge in [-0.2, -0.15) is 0 Å². The monoisotopic (exact) mass is 194 g/mol. The average Bonchev–Trinajstić information content (AvgIpc) is 2.35. The molecule has 0 fully saturated rings. The van der Waals surface area contributed by atoms with Crippen molar-refractivity contribution in [2.45, 2.75) is 19.8 Å². The molecule has 0 radical (unpaired) electrons. The third-order valence-corrected chi connectivity index (χ3v) is 2.38. The van der Waals surface area contributed by atoms with Crippen LogP contribution in [0.3, 0.4) is 0 Å². The molecule has 0 N–H and O–H groups in total. The molecule has 1 aromatic carbocycles. The minimum Gasteiger partial charge on any atom is -0.492 e. The Balaban J connectivity index is 2.62. The van der Waals surface area contributed by atoms with E-state index in [0.717, 1.165) is 5.56 Å². The van der Waals surface area contributed by atoms with Gasteiger partial charge in [0, 0.05) is 6.42 Å². The Bertz CT molecular complexity index is 385. The zero-order valence-corrected chi connectivity index (χ0v) is 7.97. The molecule has 74 valence electrons. The van der Waals surface area contributed by atoms with E-state index >= 15 is 0 Å². The number of hydrogen-bond donors (Lipinski definition) is 0. The summed E-state index contributed by atoms with van der Waals surface area (Å²) in [5, 5.41) is 0. The largest absolute Gasteiger partial charge is 0.492 e. The SMILES string of the molecule is Cc1ccc(F)c2c1OCCCC2=O. The van der Waals surface area contributed by atoms with Crippen LogP contribution >= 0.6 is 0 Å². The summed E-state index contributed by atoms with van der Waals surface area (Å²) < 4.78 is 18.8. The Morgan fingerprint density at radius 3 is 3.00 bits per heavy atom. The Hall–Kier alpha value is -1.38. The lowest BCUT2D eigenvalue weighted by molar-refractivity contribution is 0.0979. The maximum absolute atomic E-state index is 13.4. The number of fused-ring (bicyclic) bond motifs is 1. The number of Topliss-reactive ketones (excluding diaryl/α,β-unsaturated/α-hetero) is 1. The predicted molar refractivity (Wildman–Crippen MR) is 50.2 cm³/mol. The smallest absolute Gasteiger partial charge is 0.169 e. The Morgan fingerprint density at radius 1 is 1.43 bits per heavy atom. The molecule has 2 nitrogen and oxygen atoms in total. The van der Waals surface area contributed by atoms with Gasteiger partial charge in [0.05, 0.1) is 12.2 Å². The highest BCUT2D eigenvalue weighted by atomic mass is 19.1. The van der Waals surface area contributed by atoms with Crippen LogP contribution in [0.2, 0.25) is 0 Å². The summed E-state index contributed by atoms with van der Waals surface area (Å²) in [6.07, 6.45) is 1.03. The van der Waals surface area contributed by atoms with Crippen LogP contribution < -0.4 is 4.74 Å². The van der Waals surface area contributed by atoms with Crippen LogP contribution in [-0.2, 0) is 0 Å². The second-order valence-corrected chi connectivity index (χ2v) is 3.44. The first-order valence-corrected chi connectivity index (χ1v) is 4.65. The first kappa shape index (κ1) is 9.19. The van der Waals surface area contributed by atoms with E-state index in [0.29, 0.717) is 25.2 Å². The van der Waals surface area contributed by atoms with Crippen LogP contribution in [0.25, 0.3) is 0 Å². The molecule has 1 aromatic rings. The molecule has 0 aromatic heterocycles. The Labute approximate surface area is 81.7 Å². The van der Waals surface area contributed by atoms with Gasteiger partial charge >= 0.3 is 0 Å². The molecule has 2 rings (SSSR count). The van der Waals surface area contributed by atoms with Gasteiger partial charge in [-0.1, -0.05) is 6.07 Å². The molecular formula is C11H11FO2. The first-order valence-electron chi connectivity index (χ1n) is 4.65. The summed E-state index contributed by atoms with van der Waals surface area (Å²) in [7, 11) is 0. The van der Waals surface area contributed by atoms with Gasteiger partial charge < -0.3 is 4.74 Å². The van der Waals surface area contributed by atoms with E-state index < -0.39 is 5.82 Å². The van der Waals surface area contributed by atoms with E-state index in [2.05, 4.69) is 0 Å². The van der Waals surface area contributed by atoms with E-state index in [9.17, 15) is 9.18 Å². The van der Waals surface area contributed by atoms with Gasteiger partial charge in [0.2, 0.25) is 0 Å². The van der Waals surface area contributed by atoms with Crippen molar-refractivity contribution in [2.24, 2.45) is 0 Å². The minimum absolute atomic E-state index is 0.127. The average molecular weight is 194 g/mol. The molecule has 14 heavy (non-hydrogen) atoms. The molecule has 0 unspecified atom stereocenters. The quantitative estimate of drug-likeness (QED) is 0.634. The number of halogens is 1. The van der Waals surface area contributed by atoms with Crippen LogP contribution in [0.5, 0.6) is 5.75 Å². The van der Waals surface area contributed by atoms with Gasteiger partial charge in [-0.15, -0.1) is 0 Å². The number of hydrogen-bond acceptors (Lipinski definition) is 2. The lowest BCUT2D eigenvalue weighted by atomic mass is 10.0. The summed E-state index contributed by atoms with van der Waals surface area (Å²) in [5.41, 5.74) is 0.944. The van der Waals surface area contributed by atoms with Crippen LogP contribution in [0.4, 0.5) is 4.39 Å². The Kier molecular flexibility index (Phi) is 2.23. The van der Waals surface area contributed by atoms with Crippen molar-refractivity contribution in [1.29, 1.82) is 0 Å². The fraction of sp³-hybridized carbons (Fsp3) is 0.364. The zero-order chi connectivity index (χ0) is 10.1. The van der Waals surface area contributed by atoms with E-state index in [1.165, 1.54) is 6.07 Å². The fourth-order valence-electron chi connectivity index (χ4n) is 1.64. The molecule has 0 spiro atoms. The van der Waals surface area contributed by atoms with Gasteiger partial charge in [0.1, 0.15) is 11.6 Å². The maximum Gasteiger partial charge on any atom is 0.169 e. The van der Waals surface area contributed by atoms with Crippen molar-refractivity contribution in [3.8, 4) is 5.75 Å². The van der Waals surface area contributed by atoms with Gasteiger partial charge in [0.25, 0.3) is 0 Å². The summed E-state index contributed by atoms with van der Waals surface area (Å²) >= 11 is 0. The van der Waals surface area contributed by atoms with Crippen molar-refractivity contribution >= 4 is 5.78 Å². The molecule has 0 atom stereocenters. The Morgan fingerprint density at radius 2 is 2.21 bits per heavy atom. The van der Waals surface area contributed by atoms with Crippen molar-refractivity contribution in [2.75, 3.05) is 6.61 Å². The lowest BCUT2D eigenvalue weighted by Gasteiger charge is -2.09. The number of aryl methyl sites for hydroxylation is 1. The van der Waals surface area contributed by atoms with Crippen molar-refractivity contribution < 1.29 is 13.9 Å². The number of benzene rings is 1. The maximum atomic E-state index is 13.4. The molecule has 0 bridgehead atoms. The van der Waals surface area contributed by atoms with Gasteiger partial charge in [0.15, 0.2) is 5.78 Å². The van der Waals surface area contributed by atoms with E-state index in [1.54, 1.807) is 6.07 Å². The molecule has 0 saturated heterocycles. The molecule has 1 heterocycles.